The van der Waals surface area contributed by atoms with Gasteiger partial charge in [0.15, 0.2) is 0 Å². The third kappa shape index (κ3) is 2.01. The molecule has 3 aliphatic rings. The Hall–Kier alpha value is -2.25. The van der Waals surface area contributed by atoms with E-state index in [9.17, 15) is 14.4 Å². The molecule has 1 aromatic rings. The first-order valence-electron chi connectivity index (χ1n) is 7.15. The zero-order valence-corrected chi connectivity index (χ0v) is 11.6. The molecular formula is C15H14N2O5. The van der Waals surface area contributed by atoms with Crippen molar-refractivity contribution in [3.63, 3.8) is 0 Å². The lowest BCUT2D eigenvalue weighted by atomic mass is 9.94. The highest BCUT2D eigenvalue weighted by molar-refractivity contribution is 6.00. The van der Waals surface area contributed by atoms with Crippen LogP contribution in [0.25, 0.3) is 0 Å². The minimum atomic E-state index is -0.978. The van der Waals surface area contributed by atoms with Crippen LogP contribution in [0.3, 0.4) is 0 Å². The number of hydrogen-bond acceptors (Lipinski definition) is 5. The third-order valence-corrected chi connectivity index (χ3v) is 4.46. The second kappa shape index (κ2) is 4.62. The fourth-order valence-electron chi connectivity index (χ4n) is 3.31. The van der Waals surface area contributed by atoms with Crippen LogP contribution in [0.5, 0.6) is 0 Å². The van der Waals surface area contributed by atoms with Gasteiger partial charge in [-0.3, -0.25) is 19.8 Å². The summed E-state index contributed by atoms with van der Waals surface area (Å²) in [5.41, 5.74) is 2.07. The summed E-state index contributed by atoms with van der Waals surface area (Å²) in [5, 5.41) is 11.5. The Morgan fingerprint density at radius 3 is 2.91 bits per heavy atom. The van der Waals surface area contributed by atoms with E-state index in [1.807, 2.05) is 4.90 Å². The maximum Gasteiger partial charge on any atom is 0.335 e. The first-order chi connectivity index (χ1) is 10.5. The van der Waals surface area contributed by atoms with Crippen LogP contribution in [-0.2, 0) is 20.9 Å². The number of carboxylic acids is 1. The van der Waals surface area contributed by atoms with Crippen LogP contribution in [-0.4, -0.2) is 40.1 Å². The van der Waals surface area contributed by atoms with Gasteiger partial charge in [-0.1, -0.05) is 6.07 Å². The number of imide groups is 1. The Labute approximate surface area is 125 Å². The predicted octanol–water partition coefficient (Wildman–Crippen LogP) is 0.403. The van der Waals surface area contributed by atoms with Gasteiger partial charge in [0.1, 0.15) is 12.3 Å². The number of nitrogens with zero attached hydrogens (tertiary/aromatic N) is 1. The SMILES string of the molecule is O=C1CCC(N2Cc3cc(C(=O)O)ccc3C3OC32)C(=O)N1. The van der Waals surface area contributed by atoms with Gasteiger partial charge in [0.2, 0.25) is 11.8 Å². The summed E-state index contributed by atoms with van der Waals surface area (Å²) < 4.78 is 5.66. The summed E-state index contributed by atoms with van der Waals surface area (Å²) in [6.45, 7) is 0.448. The van der Waals surface area contributed by atoms with Crippen molar-refractivity contribution in [3.8, 4) is 0 Å². The van der Waals surface area contributed by atoms with E-state index in [0.717, 1.165) is 11.1 Å². The number of carbonyl (C=O) groups is 3. The quantitative estimate of drug-likeness (QED) is 0.606. The standard InChI is InChI=1S/C15H14N2O5/c18-11-4-3-10(13(19)16-11)17-6-8-5-7(15(20)21)1-2-9(8)12-14(17)22-12/h1-2,5,10,12,14H,3-4,6H2,(H,20,21)(H,16,18,19). The number of carbonyl (C=O) groups excluding carboxylic acids is 2. The van der Waals surface area contributed by atoms with E-state index in [-0.39, 0.29) is 29.7 Å². The van der Waals surface area contributed by atoms with E-state index in [0.29, 0.717) is 19.4 Å². The summed E-state index contributed by atoms with van der Waals surface area (Å²) >= 11 is 0. The van der Waals surface area contributed by atoms with Crippen molar-refractivity contribution in [1.29, 1.82) is 0 Å². The molecule has 7 nitrogen and oxygen atoms in total. The maximum atomic E-state index is 12.0. The van der Waals surface area contributed by atoms with Gasteiger partial charge in [0.25, 0.3) is 0 Å². The molecular weight excluding hydrogens is 288 g/mol. The largest absolute Gasteiger partial charge is 0.478 e. The molecule has 0 bridgehead atoms. The first kappa shape index (κ1) is 13.4. The topological polar surface area (TPSA) is 99.2 Å². The van der Waals surface area contributed by atoms with Crippen molar-refractivity contribution in [1.82, 2.24) is 10.2 Å². The number of epoxide rings is 1. The third-order valence-electron chi connectivity index (χ3n) is 4.46. The predicted molar refractivity (Wildman–Crippen MR) is 72.7 cm³/mol. The van der Waals surface area contributed by atoms with Crippen LogP contribution < -0.4 is 5.32 Å². The number of carboxylic acid groups (broad SMARTS) is 1. The molecule has 2 fully saturated rings. The second-order valence-corrected chi connectivity index (χ2v) is 5.81. The Morgan fingerprint density at radius 2 is 2.18 bits per heavy atom. The molecule has 7 heteroatoms. The Morgan fingerprint density at radius 1 is 1.36 bits per heavy atom. The lowest BCUT2D eigenvalue weighted by Crippen LogP contribution is -2.53. The van der Waals surface area contributed by atoms with Crippen LogP contribution in [0.15, 0.2) is 18.2 Å². The van der Waals surface area contributed by atoms with Gasteiger partial charge in [-0.2, -0.15) is 0 Å². The fraction of sp³-hybridized carbons (Fsp3) is 0.400. The van der Waals surface area contributed by atoms with Gasteiger partial charge in [0, 0.05) is 13.0 Å². The summed E-state index contributed by atoms with van der Waals surface area (Å²) in [4.78, 5) is 36.3. The van der Waals surface area contributed by atoms with Crippen molar-refractivity contribution < 1.29 is 24.2 Å². The normalized spacial score (nSPS) is 30.3. The molecule has 3 heterocycles. The molecule has 2 saturated heterocycles. The Kier molecular flexibility index (Phi) is 2.82. The van der Waals surface area contributed by atoms with Crippen LogP contribution in [0.1, 0.15) is 40.4 Å². The smallest absolute Gasteiger partial charge is 0.335 e. The van der Waals surface area contributed by atoms with E-state index in [1.165, 1.54) is 0 Å². The number of nitrogens with one attached hydrogen (secondary N) is 1. The zero-order valence-electron chi connectivity index (χ0n) is 11.6. The number of piperidine rings is 1. The molecule has 0 saturated carbocycles. The monoisotopic (exact) mass is 302 g/mol. The van der Waals surface area contributed by atoms with Crippen LogP contribution in [0, 0.1) is 0 Å². The van der Waals surface area contributed by atoms with Gasteiger partial charge in [-0.25, -0.2) is 4.79 Å². The number of ether oxygens (including phenoxy) is 1. The molecule has 0 aliphatic carbocycles. The zero-order chi connectivity index (χ0) is 15.4. The number of aromatic carboxylic acids is 1. The molecule has 3 atom stereocenters. The van der Waals surface area contributed by atoms with Crippen LogP contribution in [0.2, 0.25) is 0 Å². The van der Waals surface area contributed by atoms with E-state index in [4.69, 9.17) is 9.84 Å². The van der Waals surface area contributed by atoms with Crippen molar-refractivity contribution in [2.45, 2.75) is 37.8 Å². The molecule has 0 radical (unpaired) electrons. The molecule has 2 N–H and O–H groups in total. The van der Waals surface area contributed by atoms with Gasteiger partial charge < -0.3 is 9.84 Å². The lowest BCUT2D eigenvalue weighted by Gasteiger charge is -2.34. The number of fused-ring (bicyclic) bond motifs is 3. The average Bonchev–Trinajstić information content (AvgIpc) is 3.26. The minimum Gasteiger partial charge on any atom is -0.478 e. The van der Waals surface area contributed by atoms with Gasteiger partial charge in [0.05, 0.1) is 11.6 Å². The molecule has 0 spiro atoms. The Balaban J connectivity index is 1.63. The molecule has 0 aromatic heterocycles. The molecule has 2 amide bonds. The molecule has 3 unspecified atom stereocenters. The highest BCUT2D eigenvalue weighted by Gasteiger charge is 2.53. The first-order valence-corrected chi connectivity index (χ1v) is 7.15. The summed E-state index contributed by atoms with van der Waals surface area (Å²) in [6, 6.07) is 4.58. The summed E-state index contributed by atoms with van der Waals surface area (Å²) in [6.07, 6.45) is 0.501. The molecule has 3 aliphatic heterocycles. The minimum absolute atomic E-state index is 0.114. The van der Waals surface area contributed by atoms with Gasteiger partial charge >= 0.3 is 5.97 Å². The molecule has 114 valence electrons. The van der Waals surface area contributed by atoms with E-state index >= 15 is 0 Å². The van der Waals surface area contributed by atoms with Gasteiger partial charge in [-0.15, -0.1) is 0 Å². The summed E-state index contributed by atoms with van der Waals surface area (Å²) in [7, 11) is 0. The van der Waals surface area contributed by atoms with Crippen LogP contribution >= 0.6 is 0 Å². The lowest BCUT2D eigenvalue weighted by molar-refractivity contribution is -0.138. The van der Waals surface area contributed by atoms with E-state index in [2.05, 4.69) is 5.32 Å². The van der Waals surface area contributed by atoms with E-state index in [1.54, 1.807) is 18.2 Å². The average molecular weight is 302 g/mol. The van der Waals surface area contributed by atoms with Crippen LogP contribution in [0.4, 0.5) is 0 Å². The Bertz CT molecular complexity index is 701. The molecule has 22 heavy (non-hydrogen) atoms. The number of hydrogen-bond donors (Lipinski definition) is 2. The number of benzene rings is 1. The van der Waals surface area contributed by atoms with Crippen molar-refractivity contribution in [2.24, 2.45) is 0 Å². The molecule has 4 rings (SSSR count). The van der Waals surface area contributed by atoms with Crippen molar-refractivity contribution >= 4 is 17.8 Å². The number of amides is 2. The highest BCUT2D eigenvalue weighted by Crippen LogP contribution is 2.48. The fourth-order valence-corrected chi connectivity index (χ4v) is 3.31. The van der Waals surface area contributed by atoms with E-state index < -0.39 is 12.0 Å². The maximum absolute atomic E-state index is 12.0. The van der Waals surface area contributed by atoms with Crippen molar-refractivity contribution in [2.75, 3.05) is 0 Å². The van der Waals surface area contributed by atoms with Gasteiger partial charge in [-0.05, 0) is 29.7 Å². The second-order valence-electron chi connectivity index (χ2n) is 5.81. The highest BCUT2D eigenvalue weighted by atomic mass is 16.6. The molecule has 1 aromatic carbocycles. The number of rotatable bonds is 2. The van der Waals surface area contributed by atoms with Crippen molar-refractivity contribution in [3.05, 3.63) is 34.9 Å². The summed E-state index contributed by atoms with van der Waals surface area (Å²) in [5.74, 6) is -1.53.